The van der Waals surface area contributed by atoms with Crippen molar-refractivity contribution in [3.8, 4) is 5.69 Å². The number of aromatic nitrogens is 2. The molecule has 1 atom stereocenters. The van der Waals surface area contributed by atoms with Gasteiger partial charge in [-0.2, -0.15) is 18.3 Å². The van der Waals surface area contributed by atoms with Gasteiger partial charge in [-0.05, 0) is 24.3 Å². The first-order valence-electron chi connectivity index (χ1n) is 7.56. The van der Waals surface area contributed by atoms with Crippen molar-refractivity contribution >= 4 is 21.4 Å². The monoisotopic (exact) mass is 385 g/mol. The number of sulfone groups is 1. The van der Waals surface area contributed by atoms with Crippen molar-refractivity contribution in [1.82, 2.24) is 9.78 Å². The predicted octanol–water partition coefficient (Wildman–Crippen LogP) is 2.78. The lowest BCUT2D eigenvalue weighted by atomic mass is 10.1. The molecule has 1 N–H and O–H groups in total. The molecule has 0 spiro atoms. The zero-order valence-corrected chi connectivity index (χ0v) is 14.1. The van der Waals surface area contributed by atoms with Crippen molar-refractivity contribution in [1.29, 1.82) is 0 Å². The van der Waals surface area contributed by atoms with Gasteiger partial charge in [0.1, 0.15) is 0 Å². The number of carbonyl (C=O) groups excluding carboxylic acids is 1. The molecule has 1 aliphatic rings. The van der Waals surface area contributed by atoms with Crippen LogP contribution in [0.5, 0.6) is 0 Å². The lowest BCUT2D eigenvalue weighted by molar-refractivity contribution is -0.137. The molecular weight excluding hydrogens is 371 g/mol. The van der Waals surface area contributed by atoms with E-state index in [4.69, 9.17) is 0 Å². The molecule has 0 bridgehead atoms. The molecule has 1 aromatic carbocycles. The second-order valence-electron chi connectivity index (χ2n) is 5.85. The molecule has 0 aliphatic carbocycles. The number of amides is 1. The van der Waals surface area contributed by atoms with Crippen molar-refractivity contribution in [2.75, 3.05) is 11.1 Å². The van der Waals surface area contributed by atoms with Crippen LogP contribution in [-0.2, 0) is 20.8 Å². The number of nitrogens with zero attached hydrogens (tertiary/aromatic N) is 2. The van der Waals surface area contributed by atoms with Crippen LogP contribution in [0.25, 0.3) is 5.69 Å². The molecule has 138 valence electrons. The average molecular weight is 385 g/mol. The number of allylic oxidation sites excluding steroid dienone is 1. The van der Waals surface area contributed by atoms with Crippen molar-refractivity contribution in [3.05, 3.63) is 53.7 Å². The van der Waals surface area contributed by atoms with Gasteiger partial charge in [0.2, 0.25) is 5.91 Å². The molecule has 10 heteroatoms. The van der Waals surface area contributed by atoms with Gasteiger partial charge in [0.15, 0.2) is 9.84 Å². The number of rotatable bonds is 4. The zero-order chi connectivity index (χ0) is 18.9. The quantitative estimate of drug-likeness (QED) is 0.878. The van der Waals surface area contributed by atoms with E-state index in [0.29, 0.717) is 0 Å². The Morgan fingerprint density at radius 3 is 2.69 bits per heavy atom. The normalized spacial score (nSPS) is 18.8. The van der Waals surface area contributed by atoms with Crippen LogP contribution in [-0.4, -0.2) is 29.9 Å². The van der Waals surface area contributed by atoms with Crippen LogP contribution in [0.2, 0.25) is 0 Å². The number of benzene rings is 1. The largest absolute Gasteiger partial charge is 0.418 e. The molecule has 0 saturated heterocycles. The van der Waals surface area contributed by atoms with E-state index in [-0.39, 0.29) is 23.5 Å². The van der Waals surface area contributed by atoms with Crippen LogP contribution in [0.15, 0.2) is 48.1 Å². The highest BCUT2D eigenvalue weighted by atomic mass is 32.2. The summed E-state index contributed by atoms with van der Waals surface area (Å²) in [5.41, 5.74) is -1.19. The summed E-state index contributed by atoms with van der Waals surface area (Å²) < 4.78 is 64.0. The van der Waals surface area contributed by atoms with E-state index in [9.17, 15) is 26.4 Å². The second kappa shape index (κ2) is 6.60. The van der Waals surface area contributed by atoms with Gasteiger partial charge in [0.05, 0.1) is 22.7 Å². The van der Waals surface area contributed by atoms with Crippen LogP contribution in [0.3, 0.4) is 0 Å². The summed E-state index contributed by atoms with van der Waals surface area (Å²) in [7, 11) is -3.33. The van der Waals surface area contributed by atoms with Gasteiger partial charge in [-0.15, -0.1) is 0 Å². The topological polar surface area (TPSA) is 81.1 Å². The smallest absolute Gasteiger partial charge is 0.325 e. The highest BCUT2D eigenvalue weighted by Gasteiger charge is 2.35. The third-order valence-electron chi connectivity index (χ3n) is 3.80. The van der Waals surface area contributed by atoms with Crippen LogP contribution in [0, 0.1) is 5.92 Å². The zero-order valence-electron chi connectivity index (χ0n) is 13.3. The minimum absolute atomic E-state index is 0.199. The molecule has 0 fully saturated rings. The number of alkyl halides is 3. The Morgan fingerprint density at radius 2 is 2.12 bits per heavy atom. The predicted molar refractivity (Wildman–Crippen MR) is 88.2 cm³/mol. The van der Waals surface area contributed by atoms with E-state index in [1.807, 2.05) is 0 Å². The van der Waals surface area contributed by atoms with E-state index < -0.39 is 33.4 Å². The third kappa shape index (κ3) is 4.13. The summed E-state index contributed by atoms with van der Waals surface area (Å²) in [6, 6.07) is 5.02. The Morgan fingerprint density at radius 1 is 1.35 bits per heavy atom. The first-order chi connectivity index (χ1) is 12.1. The molecule has 1 aliphatic heterocycles. The van der Waals surface area contributed by atoms with Crippen LogP contribution in [0.1, 0.15) is 12.0 Å². The van der Waals surface area contributed by atoms with Crippen LogP contribution < -0.4 is 5.32 Å². The summed E-state index contributed by atoms with van der Waals surface area (Å²) in [6.45, 7) is 0. The van der Waals surface area contributed by atoms with Crippen LogP contribution >= 0.6 is 0 Å². The molecule has 0 radical (unpaired) electrons. The minimum atomic E-state index is -4.68. The summed E-state index contributed by atoms with van der Waals surface area (Å²) in [6.07, 6.45) is -0.580. The first kappa shape index (κ1) is 18.2. The summed E-state index contributed by atoms with van der Waals surface area (Å²) >= 11 is 0. The van der Waals surface area contributed by atoms with E-state index in [0.717, 1.165) is 17.5 Å². The third-order valence-corrected chi connectivity index (χ3v) is 5.27. The number of halogens is 3. The highest BCUT2D eigenvalue weighted by molar-refractivity contribution is 7.94. The standard InChI is InChI=1S/C16H14F3N3O3S/c17-16(18,19)13-9-12(22-6-1-5-20-22)2-3-14(13)21-15(23)8-11-4-7-26(24,25)10-11/h1-7,9,11H,8,10H2,(H,21,23). The van der Waals surface area contributed by atoms with Crippen molar-refractivity contribution in [3.63, 3.8) is 0 Å². The average Bonchev–Trinajstić information content (AvgIpc) is 3.16. The highest BCUT2D eigenvalue weighted by Crippen LogP contribution is 2.36. The molecule has 6 nitrogen and oxygen atoms in total. The molecule has 1 amide bonds. The summed E-state index contributed by atoms with van der Waals surface area (Å²) in [4.78, 5) is 12.0. The molecular formula is C16H14F3N3O3S. The second-order valence-corrected chi connectivity index (χ2v) is 7.78. The number of carbonyl (C=O) groups is 1. The van der Waals surface area contributed by atoms with E-state index in [2.05, 4.69) is 10.4 Å². The fourth-order valence-corrected chi connectivity index (χ4v) is 4.04. The lowest BCUT2D eigenvalue weighted by Crippen LogP contribution is -2.20. The molecule has 1 aromatic heterocycles. The maximum Gasteiger partial charge on any atom is 0.418 e. The maximum atomic E-state index is 13.4. The molecule has 2 aromatic rings. The molecule has 3 rings (SSSR count). The van der Waals surface area contributed by atoms with E-state index >= 15 is 0 Å². The molecule has 1 unspecified atom stereocenters. The Balaban J connectivity index is 1.81. The van der Waals surface area contributed by atoms with E-state index in [1.165, 1.54) is 29.2 Å². The van der Waals surface area contributed by atoms with Crippen molar-refractivity contribution in [2.24, 2.45) is 5.92 Å². The summed E-state index contributed by atoms with van der Waals surface area (Å²) in [5.74, 6) is -1.45. The summed E-state index contributed by atoms with van der Waals surface area (Å²) in [5, 5.41) is 7.13. The fourth-order valence-electron chi connectivity index (χ4n) is 2.65. The molecule has 26 heavy (non-hydrogen) atoms. The van der Waals surface area contributed by atoms with Gasteiger partial charge in [-0.1, -0.05) is 6.08 Å². The molecule has 0 saturated carbocycles. The van der Waals surface area contributed by atoms with Gasteiger partial charge >= 0.3 is 6.18 Å². The lowest BCUT2D eigenvalue weighted by Gasteiger charge is -2.16. The van der Waals surface area contributed by atoms with Gasteiger partial charge < -0.3 is 5.32 Å². The van der Waals surface area contributed by atoms with Gasteiger partial charge in [0, 0.05) is 30.1 Å². The number of anilines is 1. The van der Waals surface area contributed by atoms with Gasteiger partial charge in [-0.25, -0.2) is 13.1 Å². The number of hydrogen-bond donors (Lipinski definition) is 1. The number of nitrogens with one attached hydrogen (secondary N) is 1. The SMILES string of the molecule is O=C(CC1C=CS(=O)(=O)C1)Nc1ccc(-n2cccn2)cc1C(F)(F)F. The first-order valence-corrected chi connectivity index (χ1v) is 9.28. The van der Waals surface area contributed by atoms with Gasteiger partial charge in [-0.3, -0.25) is 4.79 Å². The fraction of sp³-hybridized carbons (Fsp3) is 0.250. The Labute approximate surface area is 147 Å². The Bertz CT molecular complexity index is 951. The van der Waals surface area contributed by atoms with Gasteiger partial charge in [0.25, 0.3) is 0 Å². The van der Waals surface area contributed by atoms with Crippen molar-refractivity contribution in [2.45, 2.75) is 12.6 Å². The Kier molecular flexibility index (Phi) is 4.61. The van der Waals surface area contributed by atoms with E-state index in [1.54, 1.807) is 6.07 Å². The minimum Gasteiger partial charge on any atom is -0.325 e. The number of hydrogen-bond acceptors (Lipinski definition) is 4. The molecule has 2 heterocycles. The van der Waals surface area contributed by atoms with Crippen LogP contribution in [0.4, 0.5) is 18.9 Å². The Hall–Kier alpha value is -2.62. The van der Waals surface area contributed by atoms with Crippen molar-refractivity contribution < 1.29 is 26.4 Å². The maximum absolute atomic E-state index is 13.4.